The number of carbonyl (C=O) groups is 1. The molecule has 2 heterocycles. The van der Waals surface area contributed by atoms with Crippen LogP contribution in [0.25, 0.3) is 16.9 Å². The Kier molecular flexibility index (Phi) is 5.50. The second kappa shape index (κ2) is 7.87. The van der Waals surface area contributed by atoms with Gasteiger partial charge in [-0.3, -0.25) is 14.7 Å². The van der Waals surface area contributed by atoms with Crippen molar-refractivity contribution in [3.8, 4) is 16.9 Å². The monoisotopic (exact) mass is 407 g/mol. The highest BCUT2D eigenvalue weighted by Gasteiger charge is 2.30. The molecule has 0 spiro atoms. The maximum atomic E-state index is 12.8. The maximum Gasteiger partial charge on any atom is 0.416 e. The summed E-state index contributed by atoms with van der Waals surface area (Å²) < 4.78 is 39.3. The van der Waals surface area contributed by atoms with E-state index < -0.39 is 29.2 Å². The second-order valence-corrected chi connectivity index (χ2v) is 6.25. The normalized spacial score (nSPS) is 12.6. The Bertz CT molecular complexity index is 1060. The highest BCUT2D eigenvalue weighted by molar-refractivity contribution is 5.95. The fourth-order valence-corrected chi connectivity index (χ4v) is 2.51. The summed E-state index contributed by atoms with van der Waals surface area (Å²) in [7, 11) is 0. The third kappa shape index (κ3) is 4.35. The summed E-state index contributed by atoms with van der Waals surface area (Å²) in [5.41, 5.74) is -1.23. The number of amides is 1. The molecule has 3 N–H and O–H groups in total. The Labute approximate surface area is 162 Å². The molecule has 0 aliphatic carbocycles. The molecule has 152 valence electrons. The molecule has 29 heavy (non-hydrogen) atoms. The van der Waals surface area contributed by atoms with Gasteiger partial charge in [-0.1, -0.05) is 12.1 Å². The number of rotatable bonds is 5. The van der Waals surface area contributed by atoms with Crippen LogP contribution >= 0.6 is 0 Å². The maximum absolute atomic E-state index is 12.8. The van der Waals surface area contributed by atoms with Crippen LogP contribution < -0.4 is 10.9 Å². The molecule has 0 saturated heterocycles. The van der Waals surface area contributed by atoms with Gasteiger partial charge in [-0.05, 0) is 25.1 Å². The average Bonchev–Trinajstić information content (AvgIpc) is 3.22. The Morgan fingerprint density at radius 3 is 2.55 bits per heavy atom. The Morgan fingerprint density at radius 1 is 1.31 bits per heavy atom. The number of H-pyrrole nitrogens is 1. The van der Waals surface area contributed by atoms with Crippen LogP contribution in [-0.2, 0) is 6.18 Å². The molecule has 0 bridgehead atoms. The molecule has 11 heteroatoms. The highest BCUT2D eigenvalue weighted by Crippen LogP contribution is 2.30. The molecule has 1 amide bonds. The topological polar surface area (TPSA) is 113 Å². The third-order valence-electron chi connectivity index (χ3n) is 4.04. The molecule has 0 fully saturated rings. The number of carbonyl (C=O) groups excluding carboxylic acids is 1. The van der Waals surface area contributed by atoms with E-state index in [0.29, 0.717) is 0 Å². The lowest BCUT2D eigenvalue weighted by molar-refractivity contribution is -0.137. The molecule has 1 aromatic carbocycles. The van der Waals surface area contributed by atoms with Crippen molar-refractivity contribution in [3.63, 3.8) is 0 Å². The molecule has 3 rings (SSSR count). The number of alkyl halides is 3. The zero-order valence-electron chi connectivity index (χ0n) is 15.1. The predicted molar refractivity (Wildman–Crippen MR) is 96.4 cm³/mol. The number of aliphatic hydroxyl groups excluding tert-OH is 1. The van der Waals surface area contributed by atoms with Crippen LogP contribution in [0.2, 0.25) is 0 Å². The van der Waals surface area contributed by atoms with Crippen molar-refractivity contribution < 1.29 is 23.1 Å². The Balaban J connectivity index is 2.12. The van der Waals surface area contributed by atoms with Crippen molar-refractivity contribution in [1.82, 2.24) is 25.3 Å². The number of halogens is 3. The van der Waals surface area contributed by atoms with Gasteiger partial charge in [-0.25, -0.2) is 0 Å². The number of aliphatic hydroxyl groups is 1. The van der Waals surface area contributed by atoms with Gasteiger partial charge in [0.1, 0.15) is 11.3 Å². The molecular weight excluding hydrogens is 391 g/mol. The molecule has 3 aromatic rings. The fourth-order valence-electron chi connectivity index (χ4n) is 2.51. The van der Waals surface area contributed by atoms with Crippen molar-refractivity contribution in [3.05, 3.63) is 64.2 Å². The van der Waals surface area contributed by atoms with Crippen LogP contribution in [0.5, 0.6) is 0 Å². The van der Waals surface area contributed by atoms with Gasteiger partial charge in [0.25, 0.3) is 11.5 Å². The first kappa shape index (κ1) is 20.3. The summed E-state index contributed by atoms with van der Waals surface area (Å²) in [4.78, 5) is 25.2. The van der Waals surface area contributed by atoms with E-state index in [1.807, 2.05) is 0 Å². The smallest absolute Gasteiger partial charge is 0.394 e. The minimum absolute atomic E-state index is 0.112. The molecule has 0 radical (unpaired) electrons. The number of aromatic amines is 1. The van der Waals surface area contributed by atoms with E-state index in [2.05, 4.69) is 20.6 Å². The number of hydrogen-bond acceptors (Lipinski definition) is 5. The first-order chi connectivity index (χ1) is 13.7. The van der Waals surface area contributed by atoms with Crippen LogP contribution in [0.3, 0.4) is 0 Å². The second-order valence-electron chi connectivity index (χ2n) is 6.25. The fraction of sp³-hybridized carbons (Fsp3) is 0.222. The first-order valence-corrected chi connectivity index (χ1v) is 8.43. The molecule has 0 aliphatic heterocycles. The van der Waals surface area contributed by atoms with Crippen molar-refractivity contribution in [2.45, 2.75) is 19.1 Å². The molecule has 0 aliphatic rings. The zero-order valence-corrected chi connectivity index (χ0v) is 15.1. The largest absolute Gasteiger partial charge is 0.416 e. The molecular formula is C18H16F3N5O3. The molecule has 0 unspecified atom stereocenters. The summed E-state index contributed by atoms with van der Waals surface area (Å²) in [5, 5.41) is 22.0. The SMILES string of the molecule is C[C@@H](CO)NC(=O)c1cc(-c2ccc(C(F)(F)F)cc2)nn(-c2cn[nH]c2)c1=O. The summed E-state index contributed by atoms with van der Waals surface area (Å²) >= 11 is 0. The van der Waals surface area contributed by atoms with Gasteiger partial charge in [0.2, 0.25) is 0 Å². The lowest BCUT2D eigenvalue weighted by atomic mass is 10.1. The molecule has 0 saturated carbocycles. The summed E-state index contributed by atoms with van der Waals surface area (Å²) in [5.74, 6) is -0.746. The van der Waals surface area contributed by atoms with Gasteiger partial charge < -0.3 is 10.4 Å². The number of nitrogens with zero attached hydrogens (tertiary/aromatic N) is 3. The van der Waals surface area contributed by atoms with Gasteiger partial charge in [0.05, 0.1) is 24.1 Å². The Hall–Kier alpha value is -3.47. The van der Waals surface area contributed by atoms with E-state index in [1.54, 1.807) is 6.92 Å². The zero-order chi connectivity index (χ0) is 21.2. The van der Waals surface area contributed by atoms with Crippen molar-refractivity contribution in [1.29, 1.82) is 0 Å². The van der Waals surface area contributed by atoms with Gasteiger partial charge in [-0.2, -0.15) is 28.1 Å². The minimum atomic E-state index is -4.49. The van der Waals surface area contributed by atoms with Crippen LogP contribution in [0.1, 0.15) is 22.8 Å². The van der Waals surface area contributed by atoms with E-state index in [0.717, 1.165) is 16.8 Å². The van der Waals surface area contributed by atoms with Crippen molar-refractivity contribution in [2.24, 2.45) is 0 Å². The number of aromatic nitrogens is 4. The van der Waals surface area contributed by atoms with Crippen LogP contribution in [0.4, 0.5) is 13.2 Å². The van der Waals surface area contributed by atoms with Crippen molar-refractivity contribution >= 4 is 5.91 Å². The lowest BCUT2D eigenvalue weighted by Crippen LogP contribution is -2.39. The van der Waals surface area contributed by atoms with Crippen LogP contribution in [0, 0.1) is 0 Å². The van der Waals surface area contributed by atoms with Crippen LogP contribution in [-0.4, -0.2) is 43.6 Å². The van der Waals surface area contributed by atoms with Gasteiger partial charge in [0.15, 0.2) is 0 Å². The predicted octanol–water partition coefficient (Wildman–Crippen LogP) is 1.75. The number of hydrogen-bond donors (Lipinski definition) is 3. The first-order valence-electron chi connectivity index (χ1n) is 8.43. The van der Waals surface area contributed by atoms with E-state index in [1.165, 1.54) is 30.6 Å². The summed E-state index contributed by atoms with van der Waals surface area (Å²) in [6.45, 7) is 1.21. The molecule has 8 nitrogen and oxygen atoms in total. The van der Waals surface area contributed by atoms with Crippen molar-refractivity contribution in [2.75, 3.05) is 6.61 Å². The molecule has 1 atom stereocenters. The summed E-state index contributed by atoms with van der Waals surface area (Å²) in [6, 6.07) is 4.77. The quantitative estimate of drug-likeness (QED) is 0.597. The van der Waals surface area contributed by atoms with E-state index in [-0.39, 0.29) is 29.1 Å². The van der Waals surface area contributed by atoms with Gasteiger partial charge in [0, 0.05) is 17.8 Å². The van der Waals surface area contributed by atoms with Crippen LogP contribution in [0.15, 0.2) is 47.5 Å². The number of nitrogens with one attached hydrogen (secondary N) is 2. The van der Waals surface area contributed by atoms with Gasteiger partial charge >= 0.3 is 6.18 Å². The van der Waals surface area contributed by atoms with E-state index in [4.69, 9.17) is 5.11 Å². The highest BCUT2D eigenvalue weighted by atomic mass is 19.4. The lowest BCUT2D eigenvalue weighted by Gasteiger charge is -2.13. The standard InChI is InChI=1S/C18H16F3N5O3/c1-10(9-27)24-16(28)14-6-15(11-2-4-12(5-3-11)18(19,20)21)25-26(17(14)29)13-7-22-23-8-13/h2-8,10,27H,9H2,1H3,(H,22,23)(H,24,28)/t10-/m0/s1. The molecule has 2 aromatic heterocycles. The number of benzene rings is 1. The summed E-state index contributed by atoms with van der Waals surface area (Å²) in [6.07, 6.45) is -1.81. The van der Waals surface area contributed by atoms with E-state index >= 15 is 0 Å². The van der Waals surface area contributed by atoms with Gasteiger partial charge in [-0.15, -0.1) is 0 Å². The Morgan fingerprint density at radius 2 is 2.00 bits per heavy atom. The third-order valence-corrected chi connectivity index (χ3v) is 4.04. The minimum Gasteiger partial charge on any atom is -0.394 e. The average molecular weight is 407 g/mol. The van der Waals surface area contributed by atoms with E-state index in [9.17, 15) is 22.8 Å².